The van der Waals surface area contributed by atoms with Crippen molar-refractivity contribution in [2.45, 2.75) is 40.4 Å². The van der Waals surface area contributed by atoms with Gasteiger partial charge in [-0.2, -0.15) is 0 Å². The van der Waals surface area contributed by atoms with Crippen molar-refractivity contribution in [1.82, 2.24) is 4.90 Å². The van der Waals surface area contributed by atoms with Gasteiger partial charge in [-0.3, -0.25) is 4.79 Å². The molecule has 0 aliphatic heterocycles. The molecule has 5 nitrogen and oxygen atoms in total. The van der Waals surface area contributed by atoms with Crippen LogP contribution in [-0.2, 0) is 14.3 Å². The molecule has 0 atom stereocenters. The zero-order valence-corrected chi connectivity index (χ0v) is 15.6. The molecule has 0 radical (unpaired) electrons. The first kappa shape index (κ1) is 20.4. The first-order valence-corrected chi connectivity index (χ1v) is 11.3. The van der Waals surface area contributed by atoms with Crippen molar-refractivity contribution in [3.63, 3.8) is 0 Å². The van der Waals surface area contributed by atoms with Gasteiger partial charge in [-0.05, 0) is 26.8 Å². The average molecular weight is 327 g/mol. The summed E-state index contributed by atoms with van der Waals surface area (Å²) in [7, 11) is -1.54. The highest BCUT2D eigenvalue weighted by Crippen LogP contribution is 2.11. The Morgan fingerprint density at radius 2 is 1.64 bits per heavy atom. The van der Waals surface area contributed by atoms with Crippen LogP contribution in [-0.4, -0.2) is 51.3 Å². The number of hydrogen-bond acceptors (Lipinski definition) is 4. The maximum atomic E-state index is 12.5. The summed E-state index contributed by atoms with van der Waals surface area (Å²) in [4.78, 5) is 25.4. The van der Waals surface area contributed by atoms with E-state index in [1.54, 1.807) is 24.0 Å². The molecular weight excluding hydrogens is 298 g/mol. The third kappa shape index (κ3) is 8.66. The zero-order chi connectivity index (χ0) is 17.2. The molecule has 0 fully saturated rings. The molecule has 0 saturated heterocycles. The van der Waals surface area contributed by atoms with Crippen LogP contribution >= 0.6 is 0 Å². The maximum Gasteiger partial charge on any atom is 0.508 e. The molecule has 0 aromatic carbocycles. The van der Waals surface area contributed by atoms with E-state index in [-0.39, 0.29) is 19.1 Å². The minimum atomic E-state index is -1.54. The highest BCUT2D eigenvalue weighted by molar-refractivity contribution is 6.81. The molecular formula is C16H29NO4Si. The Hall–Kier alpha value is -1.56. The Labute approximate surface area is 135 Å². The van der Waals surface area contributed by atoms with Crippen LogP contribution in [0.5, 0.6) is 0 Å². The lowest BCUT2D eigenvalue weighted by Gasteiger charge is -2.21. The van der Waals surface area contributed by atoms with E-state index in [0.717, 1.165) is 0 Å². The number of carbonyl (C=O) groups excluding carboxylic acids is 2. The molecule has 0 spiro atoms. The fourth-order valence-electron chi connectivity index (χ4n) is 1.79. The highest BCUT2D eigenvalue weighted by atomic mass is 28.3. The van der Waals surface area contributed by atoms with Crippen molar-refractivity contribution in [3.8, 4) is 0 Å². The van der Waals surface area contributed by atoms with Gasteiger partial charge in [-0.1, -0.05) is 31.4 Å². The van der Waals surface area contributed by atoms with Crippen molar-refractivity contribution in [1.29, 1.82) is 0 Å². The summed E-state index contributed by atoms with van der Waals surface area (Å²) >= 11 is 0. The monoisotopic (exact) mass is 327 g/mol. The van der Waals surface area contributed by atoms with E-state index in [2.05, 4.69) is 30.1 Å². The third-order valence-corrected chi connectivity index (χ3v) is 3.92. The van der Waals surface area contributed by atoms with Gasteiger partial charge >= 0.3 is 6.16 Å². The van der Waals surface area contributed by atoms with Crippen molar-refractivity contribution >= 4 is 20.1 Å². The standard InChI is InChI=1S/C16H29NO4Si/c1-7-17(8-2)15(18)14(13-22(4,5)6)11-10-12-21-16(19)20-9-3/h10-11,13H,7-9,12H2,1-6H3/b11-10+,14-13-. The summed E-state index contributed by atoms with van der Waals surface area (Å²) in [5.74, 6) is 0.0137. The summed E-state index contributed by atoms with van der Waals surface area (Å²) in [5, 5.41) is 0. The first-order chi connectivity index (χ1) is 10.2. The highest BCUT2D eigenvalue weighted by Gasteiger charge is 2.17. The molecule has 0 aromatic rings. The molecule has 0 heterocycles. The predicted octanol–water partition coefficient (Wildman–Crippen LogP) is 3.39. The summed E-state index contributed by atoms with van der Waals surface area (Å²) in [5.41, 5.74) is 2.73. The SMILES string of the molecule is CCOC(=O)OC/C=C/C(=C/[Si](C)(C)C)C(=O)N(CC)CC. The van der Waals surface area contributed by atoms with Crippen molar-refractivity contribution < 1.29 is 19.1 Å². The zero-order valence-electron chi connectivity index (χ0n) is 14.6. The summed E-state index contributed by atoms with van der Waals surface area (Å²) in [6.45, 7) is 13.9. The maximum absolute atomic E-state index is 12.5. The van der Waals surface area contributed by atoms with E-state index in [1.807, 2.05) is 13.8 Å². The number of carbonyl (C=O) groups is 2. The molecule has 0 aliphatic carbocycles. The van der Waals surface area contributed by atoms with Crippen LogP contribution in [0.2, 0.25) is 19.6 Å². The van der Waals surface area contributed by atoms with Gasteiger partial charge in [0.05, 0.1) is 14.7 Å². The van der Waals surface area contributed by atoms with E-state index in [4.69, 9.17) is 4.74 Å². The summed E-state index contributed by atoms with van der Waals surface area (Å²) in [6.07, 6.45) is 2.71. The van der Waals surface area contributed by atoms with Gasteiger partial charge in [0.2, 0.25) is 0 Å². The summed E-state index contributed by atoms with van der Waals surface area (Å²) < 4.78 is 9.54. The number of amides is 1. The molecule has 0 saturated carbocycles. The second-order valence-electron chi connectivity index (χ2n) is 5.84. The molecule has 0 bridgehead atoms. The smallest absolute Gasteiger partial charge is 0.435 e. The second kappa shape index (κ2) is 10.2. The number of ether oxygens (including phenoxy) is 2. The Morgan fingerprint density at radius 3 is 2.09 bits per heavy atom. The summed E-state index contributed by atoms with van der Waals surface area (Å²) in [6, 6.07) is 0. The molecule has 0 rings (SSSR count). The quantitative estimate of drug-likeness (QED) is 0.297. The molecule has 126 valence electrons. The Kier molecular flexibility index (Phi) is 9.49. The van der Waals surface area contributed by atoms with Crippen LogP contribution in [0.1, 0.15) is 20.8 Å². The van der Waals surface area contributed by atoms with Gasteiger partial charge in [0.15, 0.2) is 0 Å². The number of nitrogens with zero attached hydrogens (tertiary/aromatic N) is 1. The number of hydrogen-bond donors (Lipinski definition) is 0. The van der Waals surface area contributed by atoms with Crippen molar-refractivity contribution in [2.24, 2.45) is 0 Å². The van der Waals surface area contributed by atoms with Crippen LogP contribution in [0.25, 0.3) is 0 Å². The van der Waals surface area contributed by atoms with E-state index in [9.17, 15) is 9.59 Å². The lowest BCUT2D eigenvalue weighted by atomic mass is 10.2. The van der Waals surface area contributed by atoms with Gasteiger partial charge in [-0.15, -0.1) is 0 Å². The molecule has 22 heavy (non-hydrogen) atoms. The van der Waals surface area contributed by atoms with Crippen molar-refractivity contribution in [2.75, 3.05) is 26.3 Å². The minimum Gasteiger partial charge on any atom is -0.435 e. The fraction of sp³-hybridized carbons (Fsp3) is 0.625. The molecule has 0 aliphatic rings. The van der Waals surface area contributed by atoms with Gasteiger partial charge in [0, 0.05) is 18.7 Å². The molecule has 0 unspecified atom stereocenters. The van der Waals surface area contributed by atoms with E-state index in [1.165, 1.54) is 0 Å². The lowest BCUT2D eigenvalue weighted by molar-refractivity contribution is -0.126. The first-order valence-electron chi connectivity index (χ1n) is 7.73. The van der Waals surface area contributed by atoms with Crippen molar-refractivity contribution in [3.05, 3.63) is 23.4 Å². The predicted molar refractivity (Wildman–Crippen MR) is 91.5 cm³/mol. The van der Waals surface area contributed by atoms with Crippen LogP contribution < -0.4 is 0 Å². The minimum absolute atomic E-state index is 0.0137. The average Bonchev–Trinajstić information content (AvgIpc) is 2.42. The molecule has 6 heteroatoms. The fourth-order valence-corrected chi connectivity index (χ4v) is 2.94. The van der Waals surface area contributed by atoms with Gasteiger partial charge in [0.25, 0.3) is 5.91 Å². The Morgan fingerprint density at radius 1 is 1.05 bits per heavy atom. The van der Waals surface area contributed by atoms with Crippen LogP contribution in [0, 0.1) is 0 Å². The van der Waals surface area contributed by atoms with E-state index >= 15 is 0 Å². The number of rotatable bonds is 8. The van der Waals surface area contributed by atoms with E-state index < -0.39 is 14.2 Å². The van der Waals surface area contributed by atoms with Gasteiger partial charge < -0.3 is 14.4 Å². The molecule has 0 aromatic heterocycles. The van der Waals surface area contributed by atoms with Crippen LogP contribution in [0.4, 0.5) is 4.79 Å². The van der Waals surface area contributed by atoms with Gasteiger partial charge in [0.1, 0.15) is 6.61 Å². The normalized spacial score (nSPS) is 12.4. The van der Waals surface area contributed by atoms with Crippen LogP contribution in [0.15, 0.2) is 23.4 Å². The van der Waals surface area contributed by atoms with Gasteiger partial charge in [-0.25, -0.2) is 4.79 Å². The van der Waals surface area contributed by atoms with Crippen LogP contribution in [0.3, 0.4) is 0 Å². The third-order valence-electron chi connectivity index (χ3n) is 2.74. The Bertz CT molecular complexity index is 420. The lowest BCUT2D eigenvalue weighted by Crippen LogP contribution is -2.32. The molecule has 1 amide bonds. The number of likely N-dealkylation sites (N-methyl/N-ethyl adjacent to an activating group) is 1. The van der Waals surface area contributed by atoms with E-state index in [0.29, 0.717) is 18.7 Å². The Balaban J connectivity index is 4.93. The topological polar surface area (TPSA) is 55.8 Å². The largest absolute Gasteiger partial charge is 0.508 e. The second-order valence-corrected chi connectivity index (χ2v) is 10.9. The molecule has 0 N–H and O–H groups in total.